The van der Waals surface area contributed by atoms with Crippen LogP contribution in [0.3, 0.4) is 0 Å². The van der Waals surface area contributed by atoms with Crippen LogP contribution in [0.15, 0.2) is 92.0 Å². The fraction of sp³-hybridized carbons (Fsp3) is 0.212. The second-order valence-electron chi connectivity index (χ2n) is 8.95. The number of hydrogen-bond donors (Lipinski definition) is 0. The van der Waals surface area contributed by atoms with Crippen molar-refractivity contribution in [3.8, 4) is 23.0 Å². The predicted octanol–water partition coefficient (Wildman–Crippen LogP) is 5.85. The predicted molar refractivity (Wildman–Crippen MR) is 155 cm³/mol. The first-order chi connectivity index (χ1) is 20.3. The van der Waals surface area contributed by atoms with Crippen molar-refractivity contribution in [3.63, 3.8) is 0 Å². The molecule has 0 heterocycles. The van der Waals surface area contributed by atoms with E-state index in [9.17, 15) is 19.2 Å². The summed E-state index contributed by atoms with van der Waals surface area (Å²) >= 11 is 0. The number of hydrogen-bond acceptors (Lipinski definition) is 9. The molecule has 0 bridgehead atoms. The fourth-order valence-electron chi connectivity index (χ4n) is 3.52. The largest absolute Gasteiger partial charge is 0.494 e. The molecule has 0 aliphatic heterocycles. The third-order valence-corrected chi connectivity index (χ3v) is 5.77. The second kappa shape index (κ2) is 16.2. The molecule has 0 aromatic heterocycles. The zero-order valence-electron chi connectivity index (χ0n) is 23.3. The van der Waals surface area contributed by atoms with Gasteiger partial charge in [0.15, 0.2) is 5.78 Å². The summed E-state index contributed by atoms with van der Waals surface area (Å²) in [5, 5.41) is 0. The molecular formula is C33H32O9. The zero-order valence-corrected chi connectivity index (χ0v) is 23.3. The van der Waals surface area contributed by atoms with E-state index in [1.54, 1.807) is 67.6 Å². The molecule has 0 saturated carbocycles. The molecule has 218 valence electrons. The van der Waals surface area contributed by atoms with Crippen molar-refractivity contribution >= 4 is 23.7 Å². The zero-order chi connectivity index (χ0) is 30.3. The molecule has 0 unspecified atom stereocenters. The third kappa shape index (κ3) is 10.1. The van der Waals surface area contributed by atoms with Crippen LogP contribution in [-0.2, 0) is 14.3 Å². The van der Waals surface area contributed by atoms with Gasteiger partial charge in [0.1, 0.15) is 23.0 Å². The van der Waals surface area contributed by atoms with E-state index < -0.39 is 17.9 Å². The first kappa shape index (κ1) is 31.3. The van der Waals surface area contributed by atoms with Crippen LogP contribution in [0.5, 0.6) is 23.0 Å². The lowest BCUT2D eigenvalue weighted by atomic mass is 10.2. The molecule has 0 aliphatic carbocycles. The van der Waals surface area contributed by atoms with E-state index in [4.69, 9.17) is 23.7 Å². The van der Waals surface area contributed by atoms with Crippen LogP contribution in [0.2, 0.25) is 0 Å². The molecule has 3 aromatic rings. The number of rotatable bonds is 16. The number of allylic oxidation sites excluding steroid dienone is 1. The van der Waals surface area contributed by atoms with Gasteiger partial charge < -0.3 is 23.7 Å². The molecule has 9 heteroatoms. The minimum atomic E-state index is -0.559. The number of carbonyl (C=O) groups is 4. The van der Waals surface area contributed by atoms with E-state index in [1.165, 1.54) is 12.1 Å². The van der Waals surface area contributed by atoms with Gasteiger partial charge in [0.2, 0.25) is 0 Å². The number of aryl methyl sites for hydroxylation is 1. The average Bonchev–Trinajstić information content (AvgIpc) is 3.00. The molecule has 0 N–H and O–H groups in total. The number of ether oxygens (including phenoxy) is 5. The Bertz CT molecular complexity index is 1410. The Labute approximate surface area is 244 Å². The van der Waals surface area contributed by atoms with Crippen LogP contribution < -0.4 is 18.9 Å². The standard InChI is InChI=1S/C33H32O9/c1-4-26(34)8-6-19-38-27-15-11-25(12-16-27)33(37)42-30-18-17-29(22-23(30)3)41-32(36)24-9-13-28(14-10-24)39-20-7-21-40-31(35)5-2/h4-5,9-18,22H,1-2,6-8,19-21H2,3H3. The SMILES string of the molecule is C=CC(=O)CCCOc1ccc(C(=O)Oc2ccc(OC(=O)c3ccc(OCCCOC(=O)C=C)cc3)cc2C)cc1. The topological polar surface area (TPSA) is 114 Å². The molecule has 42 heavy (non-hydrogen) atoms. The maximum atomic E-state index is 12.6. The third-order valence-electron chi connectivity index (χ3n) is 5.77. The van der Waals surface area contributed by atoms with Gasteiger partial charge in [-0.05, 0) is 91.7 Å². The second-order valence-corrected chi connectivity index (χ2v) is 8.95. The smallest absolute Gasteiger partial charge is 0.343 e. The van der Waals surface area contributed by atoms with Gasteiger partial charge in [0.05, 0.1) is 30.9 Å². The molecule has 0 radical (unpaired) electrons. The Balaban J connectivity index is 1.47. The fourth-order valence-corrected chi connectivity index (χ4v) is 3.52. The Morgan fingerprint density at radius 1 is 0.667 bits per heavy atom. The molecule has 0 fully saturated rings. The van der Waals surface area contributed by atoms with E-state index in [0.717, 1.165) is 6.08 Å². The maximum absolute atomic E-state index is 12.6. The van der Waals surface area contributed by atoms with Crippen molar-refractivity contribution in [3.05, 3.63) is 109 Å². The van der Waals surface area contributed by atoms with Crippen LogP contribution in [0, 0.1) is 6.92 Å². The lowest BCUT2D eigenvalue weighted by Gasteiger charge is -2.11. The van der Waals surface area contributed by atoms with Crippen molar-refractivity contribution in [2.75, 3.05) is 19.8 Å². The molecule has 0 aliphatic rings. The summed E-state index contributed by atoms with van der Waals surface area (Å²) in [7, 11) is 0. The van der Waals surface area contributed by atoms with Gasteiger partial charge in [-0.3, -0.25) is 4.79 Å². The summed E-state index contributed by atoms with van der Waals surface area (Å²) in [6.07, 6.45) is 3.84. The average molecular weight is 573 g/mol. The van der Waals surface area contributed by atoms with Crippen LogP contribution in [0.4, 0.5) is 0 Å². The van der Waals surface area contributed by atoms with E-state index >= 15 is 0 Å². The molecule has 9 nitrogen and oxygen atoms in total. The number of carbonyl (C=O) groups excluding carboxylic acids is 4. The molecule has 3 rings (SSSR count). The van der Waals surface area contributed by atoms with Crippen LogP contribution in [-0.4, -0.2) is 43.5 Å². The summed E-state index contributed by atoms with van der Waals surface area (Å²) in [6, 6.07) is 17.6. The molecular weight excluding hydrogens is 540 g/mol. The highest BCUT2D eigenvalue weighted by atomic mass is 16.5. The lowest BCUT2D eigenvalue weighted by molar-refractivity contribution is -0.138. The van der Waals surface area contributed by atoms with Crippen LogP contribution in [0.1, 0.15) is 45.5 Å². The highest BCUT2D eigenvalue weighted by Gasteiger charge is 2.14. The monoisotopic (exact) mass is 572 g/mol. The minimum Gasteiger partial charge on any atom is -0.494 e. The minimum absolute atomic E-state index is 0.0328. The van der Waals surface area contributed by atoms with Crippen molar-refractivity contribution in [1.29, 1.82) is 0 Å². The number of ketones is 1. The van der Waals surface area contributed by atoms with Gasteiger partial charge in [0.25, 0.3) is 0 Å². The summed E-state index contributed by atoms with van der Waals surface area (Å²) in [5.74, 6) is 0.130. The molecule has 3 aromatic carbocycles. The highest BCUT2D eigenvalue weighted by molar-refractivity contribution is 5.92. The highest BCUT2D eigenvalue weighted by Crippen LogP contribution is 2.26. The molecule has 0 saturated heterocycles. The quantitative estimate of drug-likeness (QED) is 0.0903. The van der Waals surface area contributed by atoms with Gasteiger partial charge in [-0.1, -0.05) is 13.2 Å². The van der Waals surface area contributed by atoms with E-state index in [2.05, 4.69) is 13.2 Å². The van der Waals surface area contributed by atoms with Crippen LogP contribution >= 0.6 is 0 Å². The number of benzene rings is 3. The van der Waals surface area contributed by atoms with Gasteiger partial charge >= 0.3 is 17.9 Å². The molecule has 0 atom stereocenters. The number of esters is 3. The van der Waals surface area contributed by atoms with Crippen molar-refractivity contribution < 1.29 is 42.9 Å². The Morgan fingerprint density at radius 2 is 1.21 bits per heavy atom. The Kier molecular flexibility index (Phi) is 12.1. The van der Waals surface area contributed by atoms with Crippen molar-refractivity contribution in [2.45, 2.75) is 26.2 Å². The Morgan fingerprint density at radius 3 is 1.76 bits per heavy atom. The summed E-state index contributed by atoms with van der Waals surface area (Å²) in [5.41, 5.74) is 1.26. The van der Waals surface area contributed by atoms with Crippen molar-refractivity contribution in [1.82, 2.24) is 0 Å². The van der Waals surface area contributed by atoms with Crippen LogP contribution in [0.25, 0.3) is 0 Å². The van der Waals surface area contributed by atoms with Gasteiger partial charge in [0, 0.05) is 18.9 Å². The summed E-state index contributed by atoms with van der Waals surface area (Å²) in [6.45, 7) is 9.43. The maximum Gasteiger partial charge on any atom is 0.343 e. The van der Waals surface area contributed by atoms with Crippen molar-refractivity contribution in [2.24, 2.45) is 0 Å². The molecule has 0 spiro atoms. The normalized spacial score (nSPS) is 10.2. The van der Waals surface area contributed by atoms with Gasteiger partial charge in [-0.15, -0.1) is 0 Å². The lowest BCUT2D eigenvalue weighted by Crippen LogP contribution is -2.11. The first-order valence-corrected chi connectivity index (χ1v) is 13.2. The Hall–Kier alpha value is -5.18. The summed E-state index contributed by atoms with van der Waals surface area (Å²) in [4.78, 5) is 47.5. The first-order valence-electron chi connectivity index (χ1n) is 13.2. The van der Waals surface area contributed by atoms with E-state index in [0.29, 0.717) is 72.2 Å². The van der Waals surface area contributed by atoms with Gasteiger partial charge in [-0.2, -0.15) is 0 Å². The van der Waals surface area contributed by atoms with Gasteiger partial charge in [-0.25, -0.2) is 14.4 Å². The van der Waals surface area contributed by atoms with E-state index in [-0.39, 0.29) is 12.4 Å². The summed E-state index contributed by atoms with van der Waals surface area (Å²) < 4.78 is 27.0. The van der Waals surface area contributed by atoms with E-state index in [1.807, 2.05) is 0 Å². The molecule has 0 amide bonds.